The van der Waals surface area contributed by atoms with Gasteiger partial charge >= 0.3 is 0 Å². The first-order valence-electron chi connectivity index (χ1n) is 5.23. The molecule has 1 aromatic carbocycles. The number of methoxy groups -OCH3 is 1. The van der Waals surface area contributed by atoms with E-state index in [1.165, 1.54) is 19.2 Å². The van der Waals surface area contributed by atoms with Crippen molar-refractivity contribution < 1.29 is 17.9 Å². The first-order chi connectivity index (χ1) is 9.01. The molecule has 1 heterocycles. The number of hydrogen-bond donors (Lipinski definition) is 2. The maximum atomic E-state index is 13.4. The number of aromatic nitrogens is 1. The Morgan fingerprint density at radius 3 is 2.47 bits per heavy atom. The zero-order valence-electron chi connectivity index (χ0n) is 9.88. The minimum absolute atomic E-state index is 0.0533. The third-order valence-corrected chi connectivity index (χ3v) is 2.37. The van der Waals surface area contributed by atoms with Crippen LogP contribution in [0.4, 0.5) is 30.5 Å². The fraction of sp³-hybridized carbons (Fsp3) is 0.0833. The third-order valence-electron chi connectivity index (χ3n) is 2.37. The first kappa shape index (κ1) is 13.0. The molecule has 19 heavy (non-hydrogen) atoms. The number of nitrogen functional groups attached to an aromatic ring is 1. The average molecular weight is 269 g/mol. The number of nitrogens with two attached hydrogens (primary N) is 1. The average Bonchev–Trinajstić information content (AvgIpc) is 2.36. The molecule has 0 unspecified atom stereocenters. The van der Waals surface area contributed by atoms with Crippen molar-refractivity contribution >= 4 is 17.3 Å². The van der Waals surface area contributed by atoms with Crippen LogP contribution in [0.3, 0.4) is 0 Å². The molecule has 0 aliphatic carbocycles. The second kappa shape index (κ2) is 5.05. The Bertz CT molecular complexity index is 619. The number of ether oxygens (including phenoxy) is 1. The molecule has 4 nitrogen and oxygen atoms in total. The highest BCUT2D eigenvalue weighted by Gasteiger charge is 2.11. The van der Waals surface area contributed by atoms with E-state index in [1.807, 2.05) is 0 Å². The minimum atomic E-state index is -0.955. The lowest BCUT2D eigenvalue weighted by Crippen LogP contribution is -2.03. The highest BCUT2D eigenvalue weighted by atomic mass is 19.1. The smallest absolute Gasteiger partial charge is 0.169 e. The van der Waals surface area contributed by atoms with E-state index >= 15 is 0 Å². The van der Waals surface area contributed by atoms with Gasteiger partial charge in [0.15, 0.2) is 34.8 Å². The zero-order chi connectivity index (χ0) is 14.0. The summed E-state index contributed by atoms with van der Waals surface area (Å²) in [5.41, 5.74) is 5.46. The molecule has 3 N–H and O–H groups in total. The van der Waals surface area contributed by atoms with E-state index in [0.717, 1.165) is 6.07 Å². The summed E-state index contributed by atoms with van der Waals surface area (Å²) in [6, 6.07) is 4.52. The lowest BCUT2D eigenvalue weighted by Gasteiger charge is -2.09. The van der Waals surface area contributed by atoms with Gasteiger partial charge in [-0.2, -0.15) is 0 Å². The van der Waals surface area contributed by atoms with Gasteiger partial charge in [-0.25, -0.2) is 18.2 Å². The van der Waals surface area contributed by atoms with Crippen LogP contribution < -0.4 is 15.8 Å². The predicted octanol–water partition coefficient (Wildman–Crippen LogP) is 2.83. The van der Waals surface area contributed by atoms with Crippen molar-refractivity contribution in [2.24, 2.45) is 0 Å². The SMILES string of the molecule is COc1ccc(Nc2nc(N)c(F)cc2F)cc1F. The topological polar surface area (TPSA) is 60.2 Å². The van der Waals surface area contributed by atoms with Crippen LogP contribution in [-0.4, -0.2) is 12.1 Å². The van der Waals surface area contributed by atoms with E-state index in [1.54, 1.807) is 0 Å². The number of nitrogens with one attached hydrogen (secondary N) is 1. The number of benzene rings is 1. The van der Waals surface area contributed by atoms with Crippen molar-refractivity contribution in [2.75, 3.05) is 18.2 Å². The van der Waals surface area contributed by atoms with Crippen molar-refractivity contribution in [3.05, 3.63) is 41.7 Å². The highest BCUT2D eigenvalue weighted by molar-refractivity contribution is 5.59. The Kier molecular flexibility index (Phi) is 3.46. The van der Waals surface area contributed by atoms with Crippen LogP contribution in [0.15, 0.2) is 24.3 Å². The number of rotatable bonds is 3. The molecule has 7 heteroatoms. The third kappa shape index (κ3) is 2.70. The molecule has 0 fully saturated rings. The maximum Gasteiger partial charge on any atom is 0.169 e. The minimum Gasteiger partial charge on any atom is -0.494 e. The number of hydrogen-bond acceptors (Lipinski definition) is 4. The number of nitrogens with zero attached hydrogens (tertiary/aromatic N) is 1. The molecule has 2 rings (SSSR count). The van der Waals surface area contributed by atoms with Crippen LogP contribution in [0.25, 0.3) is 0 Å². The van der Waals surface area contributed by atoms with Crippen LogP contribution in [0.2, 0.25) is 0 Å². The van der Waals surface area contributed by atoms with Gasteiger partial charge in [-0.3, -0.25) is 0 Å². The predicted molar refractivity (Wildman–Crippen MR) is 64.8 cm³/mol. The van der Waals surface area contributed by atoms with E-state index < -0.39 is 23.3 Å². The van der Waals surface area contributed by atoms with Gasteiger partial charge in [0.2, 0.25) is 0 Å². The first-order valence-corrected chi connectivity index (χ1v) is 5.23. The molecule has 0 aliphatic rings. The molecule has 0 radical (unpaired) electrons. The molecule has 0 spiro atoms. The summed E-state index contributed by atoms with van der Waals surface area (Å²) in [6.07, 6.45) is 0. The van der Waals surface area contributed by atoms with Crippen LogP contribution >= 0.6 is 0 Å². The summed E-state index contributed by atoms with van der Waals surface area (Å²) in [4.78, 5) is 3.50. The summed E-state index contributed by atoms with van der Waals surface area (Å²) in [5.74, 6) is -3.19. The van der Waals surface area contributed by atoms with Gasteiger partial charge < -0.3 is 15.8 Å². The molecule has 1 aromatic heterocycles. The molecule has 2 aromatic rings. The highest BCUT2D eigenvalue weighted by Crippen LogP contribution is 2.25. The van der Waals surface area contributed by atoms with Crippen molar-refractivity contribution in [3.8, 4) is 5.75 Å². The maximum absolute atomic E-state index is 13.4. The van der Waals surface area contributed by atoms with E-state index in [0.29, 0.717) is 6.07 Å². The molecular weight excluding hydrogens is 259 g/mol. The van der Waals surface area contributed by atoms with Gasteiger partial charge in [0, 0.05) is 17.8 Å². The van der Waals surface area contributed by atoms with Crippen LogP contribution in [0.1, 0.15) is 0 Å². The van der Waals surface area contributed by atoms with Crippen LogP contribution in [0.5, 0.6) is 5.75 Å². The zero-order valence-corrected chi connectivity index (χ0v) is 9.88. The molecule has 0 aliphatic heterocycles. The molecular formula is C12H10F3N3O. The largest absolute Gasteiger partial charge is 0.494 e. The quantitative estimate of drug-likeness (QED) is 0.899. The van der Waals surface area contributed by atoms with Crippen molar-refractivity contribution in [1.82, 2.24) is 4.98 Å². The number of halogens is 3. The van der Waals surface area contributed by atoms with Gasteiger partial charge in [-0.05, 0) is 12.1 Å². The summed E-state index contributed by atoms with van der Waals surface area (Å²) < 4.78 is 44.5. The molecule has 0 atom stereocenters. The fourth-order valence-corrected chi connectivity index (χ4v) is 1.45. The van der Waals surface area contributed by atoms with E-state index in [4.69, 9.17) is 10.5 Å². The Hall–Kier alpha value is -2.44. The molecule has 0 bridgehead atoms. The lowest BCUT2D eigenvalue weighted by atomic mass is 10.3. The van der Waals surface area contributed by atoms with Gasteiger partial charge in [0.1, 0.15) is 0 Å². The molecule has 0 amide bonds. The van der Waals surface area contributed by atoms with Crippen molar-refractivity contribution in [2.45, 2.75) is 0 Å². The lowest BCUT2D eigenvalue weighted by molar-refractivity contribution is 0.386. The van der Waals surface area contributed by atoms with Gasteiger partial charge in [0.25, 0.3) is 0 Å². The Labute approximate surface area is 107 Å². The summed E-state index contributed by atoms with van der Waals surface area (Å²) in [5, 5.41) is 2.50. The van der Waals surface area contributed by atoms with Crippen LogP contribution in [0, 0.1) is 17.5 Å². The number of anilines is 3. The van der Waals surface area contributed by atoms with E-state index in [-0.39, 0.29) is 17.3 Å². The van der Waals surface area contributed by atoms with Gasteiger partial charge in [-0.15, -0.1) is 0 Å². The van der Waals surface area contributed by atoms with Crippen molar-refractivity contribution in [3.63, 3.8) is 0 Å². The standard InChI is InChI=1S/C12H10F3N3O/c1-19-10-3-2-6(4-7(10)13)17-12-9(15)5-8(14)11(16)18-12/h2-5H,1H3,(H3,16,17,18). The van der Waals surface area contributed by atoms with E-state index in [2.05, 4.69) is 10.3 Å². The molecule has 0 saturated carbocycles. The Morgan fingerprint density at radius 1 is 1.11 bits per heavy atom. The number of pyridine rings is 1. The molecule has 100 valence electrons. The fourth-order valence-electron chi connectivity index (χ4n) is 1.45. The summed E-state index contributed by atoms with van der Waals surface area (Å²) in [6.45, 7) is 0. The monoisotopic (exact) mass is 269 g/mol. The summed E-state index contributed by atoms with van der Waals surface area (Å²) >= 11 is 0. The summed E-state index contributed by atoms with van der Waals surface area (Å²) in [7, 11) is 1.33. The van der Waals surface area contributed by atoms with Gasteiger partial charge in [-0.1, -0.05) is 0 Å². The van der Waals surface area contributed by atoms with Crippen molar-refractivity contribution in [1.29, 1.82) is 0 Å². The van der Waals surface area contributed by atoms with E-state index in [9.17, 15) is 13.2 Å². The van der Waals surface area contributed by atoms with Crippen LogP contribution in [-0.2, 0) is 0 Å². The van der Waals surface area contributed by atoms with Gasteiger partial charge in [0.05, 0.1) is 7.11 Å². The Balaban J connectivity index is 2.31. The second-order valence-corrected chi connectivity index (χ2v) is 3.66. The second-order valence-electron chi connectivity index (χ2n) is 3.66. The Morgan fingerprint density at radius 2 is 1.84 bits per heavy atom. The normalized spacial score (nSPS) is 10.3. The molecule has 0 saturated heterocycles.